The highest BCUT2D eigenvalue weighted by Gasteiger charge is 2.25. The molecule has 0 aromatic heterocycles. The van der Waals surface area contributed by atoms with Gasteiger partial charge in [0.2, 0.25) is 0 Å². The third-order valence-corrected chi connectivity index (χ3v) is 5.12. The van der Waals surface area contributed by atoms with Crippen LogP contribution in [-0.4, -0.2) is 46.4 Å². The molecule has 5 nitrogen and oxygen atoms in total. The number of fused-ring (bicyclic) bond motifs is 1. The highest BCUT2D eigenvalue weighted by atomic mass is 16.5. The van der Waals surface area contributed by atoms with E-state index in [4.69, 9.17) is 18.9 Å². The molecule has 0 bridgehead atoms. The maximum absolute atomic E-state index is 5.47. The van der Waals surface area contributed by atoms with Crippen LogP contribution in [0.4, 0.5) is 0 Å². The quantitative estimate of drug-likeness (QED) is 0.793. The summed E-state index contributed by atoms with van der Waals surface area (Å²) in [5.74, 6) is 3.12. The van der Waals surface area contributed by atoms with E-state index >= 15 is 0 Å². The van der Waals surface area contributed by atoms with Gasteiger partial charge >= 0.3 is 0 Å². The molecule has 26 heavy (non-hydrogen) atoms. The fourth-order valence-corrected chi connectivity index (χ4v) is 3.62. The van der Waals surface area contributed by atoms with Crippen molar-refractivity contribution in [2.45, 2.75) is 25.4 Å². The lowest BCUT2D eigenvalue weighted by atomic mass is 9.90. The first-order valence-electron chi connectivity index (χ1n) is 8.74. The molecule has 0 radical (unpaired) electrons. The van der Waals surface area contributed by atoms with E-state index < -0.39 is 0 Å². The van der Waals surface area contributed by atoms with E-state index in [-0.39, 0.29) is 0 Å². The molecule has 2 aromatic rings. The minimum absolute atomic E-state index is 0.415. The Hall–Kier alpha value is -2.40. The molecule has 1 unspecified atom stereocenters. The number of rotatable bonds is 6. The molecule has 0 N–H and O–H groups in total. The van der Waals surface area contributed by atoms with Crippen LogP contribution < -0.4 is 18.9 Å². The topological polar surface area (TPSA) is 40.2 Å². The molecule has 1 heterocycles. The van der Waals surface area contributed by atoms with Crippen molar-refractivity contribution in [1.82, 2.24) is 4.90 Å². The summed E-state index contributed by atoms with van der Waals surface area (Å²) >= 11 is 0. The first-order chi connectivity index (χ1) is 12.6. The van der Waals surface area contributed by atoms with Crippen molar-refractivity contribution < 1.29 is 18.9 Å². The van der Waals surface area contributed by atoms with E-state index in [9.17, 15) is 0 Å². The Bertz CT molecular complexity index is 775. The van der Waals surface area contributed by atoms with Crippen LogP contribution in [0.3, 0.4) is 0 Å². The lowest BCUT2D eigenvalue weighted by molar-refractivity contribution is 0.212. The van der Waals surface area contributed by atoms with Gasteiger partial charge in [-0.3, -0.25) is 4.90 Å². The fraction of sp³-hybridized carbons (Fsp3) is 0.429. The second kappa shape index (κ2) is 7.87. The van der Waals surface area contributed by atoms with Gasteiger partial charge in [0.15, 0.2) is 23.0 Å². The number of likely N-dealkylation sites (N-methyl/N-ethyl adjacent to an activating group) is 1. The minimum Gasteiger partial charge on any atom is -0.493 e. The first-order valence-corrected chi connectivity index (χ1v) is 8.74. The molecular weight excluding hydrogens is 330 g/mol. The van der Waals surface area contributed by atoms with Gasteiger partial charge in [-0.2, -0.15) is 0 Å². The van der Waals surface area contributed by atoms with Gasteiger partial charge in [-0.1, -0.05) is 6.07 Å². The van der Waals surface area contributed by atoms with Crippen molar-refractivity contribution >= 4 is 0 Å². The van der Waals surface area contributed by atoms with Gasteiger partial charge in [-0.15, -0.1) is 0 Å². The first kappa shape index (κ1) is 18.4. The Kier molecular flexibility index (Phi) is 5.57. The van der Waals surface area contributed by atoms with E-state index in [1.807, 2.05) is 6.07 Å². The van der Waals surface area contributed by atoms with Crippen LogP contribution in [0.1, 0.15) is 16.7 Å². The number of methoxy groups -OCH3 is 4. The highest BCUT2D eigenvalue weighted by Crippen LogP contribution is 2.35. The Morgan fingerprint density at radius 2 is 1.38 bits per heavy atom. The van der Waals surface area contributed by atoms with E-state index in [0.29, 0.717) is 6.04 Å². The zero-order valence-electron chi connectivity index (χ0n) is 16.2. The third-order valence-electron chi connectivity index (χ3n) is 5.12. The summed E-state index contributed by atoms with van der Waals surface area (Å²) in [6, 6.07) is 10.8. The van der Waals surface area contributed by atoms with Gasteiger partial charge < -0.3 is 18.9 Å². The van der Waals surface area contributed by atoms with Gasteiger partial charge in [0.25, 0.3) is 0 Å². The second-order valence-electron chi connectivity index (χ2n) is 6.64. The highest BCUT2D eigenvalue weighted by molar-refractivity contribution is 5.49. The van der Waals surface area contributed by atoms with Gasteiger partial charge in [0.1, 0.15) is 0 Å². The predicted molar refractivity (Wildman–Crippen MR) is 102 cm³/mol. The molecule has 140 valence electrons. The van der Waals surface area contributed by atoms with Crippen LogP contribution in [0.25, 0.3) is 0 Å². The standard InChI is InChI=1S/C21H27NO4/c1-22-13-16-12-21(26-5)20(25-4)11-15(16)10-17(22)8-14-6-7-18(23-2)19(9-14)24-3/h6-7,9,11-12,17H,8,10,13H2,1-5H3. The number of nitrogens with zero attached hydrogens (tertiary/aromatic N) is 1. The van der Waals surface area contributed by atoms with Crippen molar-refractivity contribution in [3.05, 3.63) is 47.0 Å². The molecule has 1 atom stereocenters. The van der Waals surface area contributed by atoms with Crippen LogP contribution in [-0.2, 0) is 19.4 Å². The summed E-state index contributed by atoms with van der Waals surface area (Å²) < 4.78 is 21.7. The van der Waals surface area contributed by atoms with Crippen molar-refractivity contribution in [3.8, 4) is 23.0 Å². The molecule has 2 aromatic carbocycles. The summed E-state index contributed by atoms with van der Waals surface area (Å²) in [7, 11) is 8.86. The van der Waals surface area contributed by atoms with Crippen molar-refractivity contribution in [3.63, 3.8) is 0 Å². The third kappa shape index (κ3) is 3.58. The van der Waals surface area contributed by atoms with Crippen LogP contribution in [0.2, 0.25) is 0 Å². The van der Waals surface area contributed by atoms with Crippen molar-refractivity contribution in [1.29, 1.82) is 0 Å². The summed E-state index contributed by atoms with van der Waals surface area (Å²) in [6.45, 7) is 0.896. The zero-order valence-corrected chi connectivity index (χ0v) is 16.2. The zero-order chi connectivity index (χ0) is 18.7. The van der Waals surface area contributed by atoms with E-state index in [0.717, 1.165) is 42.4 Å². The maximum atomic E-state index is 5.47. The molecule has 0 fully saturated rings. The van der Waals surface area contributed by atoms with Gasteiger partial charge in [-0.05, 0) is 60.8 Å². The van der Waals surface area contributed by atoms with Crippen LogP contribution in [0, 0.1) is 0 Å². The maximum Gasteiger partial charge on any atom is 0.161 e. The molecule has 0 amide bonds. The van der Waals surface area contributed by atoms with Crippen LogP contribution >= 0.6 is 0 Å². The van der Waals surface area contributed by atoms with E-state index in [1.165, 1.54) is 16.7 Å². The molecular formula is C21H27NO4. The van der Waals surface area contributed by atoms with Crippen molar-refractivity contribution in [2.24, 2.45) is 0 Å². The molecule has 0 spiro atoms. The molecule has 0 saturated heterocycles. The summed E-state index contributed by atoms with van der Waals surface area (Å²) in [5, 5.41) is 0. The molecule has 1 aliphatic heterocycles. The Labute approximate surface area is 155 Å². The Balaban J connectivity index is 1.83. The summed E-state index contributed by atoms with van der Waals surface area (Å²) in [5.41, 5.74) is 3.86. The Morgan fingerprint density at radius 3 is 2.00 bits per heavy atom. The SMILES string of the molecule is COc1ccc(CC2Cc3cc(OC)c(OC)cc3CN2C)cc1OC. The van der Waals surface area contributed by atoms with Gasteiger partial charge in [0, 0.05) is 12.6 Å². The van der Waals surface area contributed by atoms with Gasteiger partial charge in [0.05, 0.1) is 28.4 Å². The summed E-state index contributed by atoms with van der Waals surface area (Å²) in [4.78, 5) is 2.39. The lowest BCUT2D eigenvalue weighted by Gasteiger charge is -2.34. The minimum atomic E-state index is 0.415. The molecule has 0 saturated carbocycles. The number of benzene rings is 2. The monoisotopic (exact) mass is 357 g/mol. The van der Waals surface area contributed by atoms with Crippen molar-refractivity contribution in [2.75, 3.05) is 35.5 Å². The number of ether oxygens (including phenoxy) is 4. The van der Waals surface area contributed by atoms with Crippen LogP contribution in [0.5, 0.6) is 23.0 Å². The second-order valence-corrected chi connectivity index (χ2v) is 6.64. The molecule has 1 aliphatic rings. The summed E-state index contributed by atoms with van der Waals surface area (Å²) in [6.07, 6.45) is 1.92. The number of hydrogen-bond acceptors (Lipinski definition) is 5. The smallest absolute Gasteiger partial charge is 0.161 e. The normalized spacial score (nSPS) is 16.7. The van der Waals surface area contributed by atoms with E-state index in [1.54, 1.807) is 28.4 Å². The Morgan fingerprint density at radius 1 is 0.808 bits per heavy atom. The van der Waals surface area contributed by atoms with Gasteiger partial charge in [-0.25, -0.2) is 0 Å². The average Bonchev–Trinajstić information content (AvgIpc) is 2.67. The lowest BCUT2D eigenvalue weighted by Crippen LogP contribution is -2.39. The fourth-order valence-electron chi connectivity index (χ4n) is 3.62. The van der Waals surface area contributed by atoms with E-state index in [2.05, 4.69) is 36.2 Å². The molecule has 5 heteroatoms. The average molecular weight is 357 g/mol. The largest absolute Gasteiger partial charge is 0.493 e. The molecule has 0 aliphatic carbocycles. The molecule has 3 rings (SSSR count). The predicted octanol–water partition coefficient (Wildman–Crippen LogP) is 3.32. The van der Waals surface area contributed by atoms with Crippen LogP contribution in [0.15, 0.2) is 30.3 Å². The number of hydrogen-bond donors (Lipinski definition) is 0.